The predicted octanol–water partition coefficient (Wildman–Crippen LogP) is 2.97. The zero-order valence-corrected chi connectivity index (χ0v) is 10.9. The molecule has 0 aromatic rings. The zero-order chi connectivity index (χ0) is 11.4. The minimum Gasteiger partial charge on any atom is -0.380 e. The van der Waals surface area contributed by atoms with E-state index in [1.54, 1.807) is 0 Å². The number of methoxy groups -OCH3 is 1. The Morgan fingerprint density at radius 2 is 1.94 bits per heavy atom. The lowest BCUT2D eigenvalue weighted by atomic mass is 9.92. The number of hydrogen-bond donors (Lipinski definition) is 1. The highest BCUT2D eigenvalue weighted by molar-refractivity contribution is 4.83. The molecule has 0 heterocycles. The highest BCUT2D eigenvalue weighted by atomic mass is 16.5. The Balaban J connectivity index is 1.71. The third-order valence-electron chi connectivity index (χ3n) is 4.48. The Morgan fingerprint density at radius 3 is 2.62 bits per heavy atom. The second kappa shape index (κ2) is 6.02. The third-order valence-corrected chi connectivity index (χ3v) is 4.48. The van der Waals surface area contributed by atoms with Crippen LogP contribution in [-0.2, 0) is 4.74 Å². The second-order valence-corrected chi connectivity index (χ2v) is 5.86. The number of nitrogens with one attached hydrogen (secondary N) is 1. The maximum Gasteiger partial charge on any atom is 0.0724 e. The van der Waals surface area contributed by atoms with Crippen LogP contribution in [0.2, 0.25) is 0 Å². The van der Waals surface area contributed by atoms with E-state index in [4.69, 9.17) is 4.74 Å². The first-order chi connectivity index (χ1) is 7.79. The highest BCUT2D eigenvalue weighted by Gasteiger charge is 2.27. The van der Waals surface area contributed by atoms with Crippen molar-refractivity contribution in [2.24, 2.45) is 11.8 Å². The molecule has 2 rings (SSSR count). The van der Waals surface area contributed by atoms with Gasteiger partial charge in [-0.1, -0.05) is 26.2 Å². The second-order valence-electron chi connectivity index (χ2n) is 5.86. The first-order valence-corrected chi connectivity index (χ1v) is 7.05. The lowest BCUT2D eigenvalue weighted by Crippen LogP contribution is -2.44. The van der Waals surface area contributed by atoms with E-state index in [1.165, 1.54) is 51.5 Å². The molecule has 2 aliphatic carbocycles. The average molecular weight is 225 g/mol. The van der Waals surface area contributed by atoms with Gasteiger partial charge in [-0.3, -0.25) is 0 Å². The van der Waals surface area contributed by atoms with E-state index in [1.807, 2.05) is 7.11 Å². The number of ether oxygens (including phenoxy) is 1. The highest BCUT2D eigenvalue weighted by Crippen LogP contribution is 2.30. The van der Waals surface area contributed by atoms with Gasteiger partial charge < -0.3 is 10.1 Å². The largest absolute Gasteiger partial charge is 0.380 e. The summed E-state index contributed by atoms with van der Waals surface area (Å²) < 4.78 is 5.58. The molecule has 0 saturated heterocycles. The van der Waals surface area contributed by atoms with Gasteiger partial charge in [0.1, 0.15) is 0 Å². The van der Waals surface area contributed by atoms with E-state index in [0.717, 1.165) is 11.8 Å². The van der Waals surface area contributed by atoms with E-state index in [2.05, 4.69) is 12.2 Å². The van der Waals surface area contributed by atoms with E-state index in [-0.39, 0.29) is 0 Å². The standard InChI is InChI=1S/C14H27NO/c1-11-7-8-12(9-11)10-15-13-5-3-4-6-14(13)16-2/h11-15H,3-10H2,1-2H3. The molecule has 2 heteroatoms. The van der Waals surface area contributed by atoms with Crippen molar-refractivity contribution >= 4 is 0 Å². The van der Waals surface area contributed by atoms with Crippen LogP contribution in [0.15, 0.2) is 0 Å². The lowest BCUT2D eigenvalue weighted by Gasteiger charge is -2.32. The molecule has 16 heavy (non-hydrogen) atoms. The Labute approximate surface area is 100 Å². The molecule has 4 unspecified atom stereocenters. The van der Waals surface area contributed by atoms with E-state index in [9.17, 15) is 0 Å². The molecule has 0 amide bonds. The van der Waals surface area contributed by atoms with Gasteiger partial charge >= 0.3 is 0 Å². The molecule has 2 nitrogen and oxygen atoms in total. The van der Waals surface area contributed by atoms with Gasteiger partial charge in [0, 0.05) is 13.2 Å². The molecule has 1 N–H and O–H groups in total. The molecular weight excluding hydrogens is 198 g/mol. The third kappa shape index (κ3) is 3.21. The summed E-state index contributed by atoms with van der Waals surface area (Å²) in [5.41, 5.74) is 0. The summed E-state index contributed by atoms with van der Waals surface area (Å²) in [7, 11) is 1.86. The molecule has 2 aliphatic rings. The van der Waals surface area contributed by atoms with Crippen LogP contribution in [0.25, 0.3) is 0 Å². The van der Waals surface area contributed by atoms with Gasteiger partial charge in [-0.2, -0.15) is 0 Å². The summed E-state index contributed by atoms with van der Waals surface area (Å²) >= 11 is 0. The van der Waals surface area contributed by atoms with Crippen molar-refractivity contribution < 1.29 is 4.74 Å². The zero-order valence-electron chi connectivity index (χ0n) is 10.9. The van der Waals surface area contributed by atoms with Gasteiger partial charge in [0.25, 0.3) is 0 Å². The molecule has 2 fully saturated rings. The molecular formula is C14H27NO. The smallest absolute Gasteiger partial charge is 0.0724 e. The number of rotatable bonds is 4. The van der Waals surface area contributed by atoms with Crippen molar-refractivity contribution in [3.8, 4) is 0 Å². The van der Waals surface area contributed by atoms with Crippen LogP contribution in [0.3, 0.4) is 0 Å². The topological polar surface area (TPSA) is 21.3 Å². The molecule has 0 aromatic heterocycles. The Kier molecular flexibility index (Phi) is 4.66. The van der Waals surface area contributed by atoms with Gasteiger partial charge in [-0.25, -0.2) is 0 Å². The van der Waals surface area contributed by atoms with Gasteiger partial charge in [0.2, 0.25) is 0 Å². The average Bonchev–Trinajstić information content (AvgIpc) is 2.73. The fraction of sp³-hybridized carbons (Fsp3) is 1.00. The fourth-order valence-corrected chi connectivity index (χ4v) is 3.44. The summed E-state index contributed by atoms with van der Waals surface area (Å²) in [4.78, 5) is 0. The molecule has 0 aromatic carbocycles. The number of hydrogen-bond acceptors (Lipinski definition) is 2. The van der Waals surface area contributed by atoms with Crippen molar-refractivity contribution in [1.82, 2.24) is 5.32 Å². The quantitative estimate of drug-likeness (QED) is 0.794. The van der Waals surface area contributed by atoms with Gasteiger partial charge in [-0.15, -0.1) is 0 Å². The van der Waals surface area contributed by atoms with Crippen molar-refractivity contribution in [1.29, 1.82) is 0 Å². The SMILES string of the molecule is COC1CCCCC1NCC1CCC(C)C1. The normalized spacial score (nSPS) is 40.1. The van der Waals surface area contributed by atoms with Crippen LogP contribution in [0.1, 0.15) is 51.9 Å². The monoisotopic (exact) mass is 225 g/mol. The fourth-order valence-electron chi connectivity index (χ4n) is 3.44. The van der Waals surface area contributed by atoms with Gasteiger partial charge in [-0.05, 0) is 44.1 Å². The maximum absolute atomic E-state index is 5.58. The van der Waals surface area contributed by atoms with Crippen LogP contribution in [0.4, 0.5) is 0 Å². The maximum atomic E-state index is 5.58. The Morgan fingerprint density at radius 1 is 1.12 bits per heavy atom. The summed E-state index contributed by atoms with van der Waals surface area (Å²) in [5, 5.41) is 3.76. The predicted molar refractivity (Wildman–Crippen MR) is 67.6 cm³/mol. The minimum absolute atomic E-state index is 0.465. The Hall–Kier alpha value is -0.0800. The van der Waals surface area contributed by atoms with E-state index in [0.29, 0.717) is 12.1 Å². The van der Waals surface area contributed by atoms with Crippen LogP contribution in [-0.4, -0.2) is 25.8 Å². The van der Waals surface area contributed by atoms with Crippen LogP contribution >= 0.6 is 0 Å². The molecule has 0 radical (unpaired) electrons. The summed E-state index contributed by atoms with van der Waals surface area (Å²) in [6.07, 6.45) is 10.0. The van der Waals surface area contributed by atoms with Crippen molar-refractivity contribution in [3.63, 3.8) is 0 Å². The van der Waals surface area contributed by atoms with Crippen LogP contribution < -0.4 is 5.32 Å². The van der Waals surface area contributed by atoms with Crippen LogP contribution in [0.5, 0.6) is 0 Å². The first kappa shape index (κ1) is 12.4. The summed E-state index contributed by atoms with van der Waals surface area (Å²) in [6, 6.07) is 0.620. The van der Waals surface area contributed by atoms with E-state index < -0.39 is 0 Å². The van der Waals surface area contributed by atoms with Crippen LogP contribution in [0, 0.1) is 11.8 Å². The van der Waals surface area contributed by atoms with Crippen molar-refractivity contribution in [2.45, 2.75) is 64.0 Å². The first-order valence-electron chi connectivity index (χ1n) is 7.05. The van der Waals surface area contributed by atoms with Crippen molar-refractivity contribution in [3.05, 3.63) is 0 Å². The van der Waals surface area contributed by atoms with Gasteiger partial charge in [0.15, 0.2) is 0 Å². The molecule has 0 spiro atoms. The summed E-state index contributed by atoms with van der Waals surface area (Å²) in [6.45, 7) is 3.60. The molecule has 0 bridgehead atoms. The van der Waals surface area contributed by atoms with E-state index >= 15 is 0 Å². The van der Waals surface area contributed by atoms with Gasteiger partial charge in [0.05, 0.1) is 6.10 Å². The summed E-state index contributed by atoms with van der Waals surface area (Å²) in [5.74, 6) is 1.88. The Bertz CT molecular complexity index is 207. The minimum atomic E-state index is 0.465. The molecule has 94 valence electrons. The molecule has 2 saturated carbocycles. The molecule has 0 aliphatic heterocycles. The van der Waals surface area contributed by atoms with Crippen molar-refractivity contribution in [2.75, 3.05) is 13.7 Å². The molecule has 4 atom stereocenters. The lowest BCUT2D eigenvalue weighted by molar-refractivity contribution is 0.0406.